The van der Waals surface area contributed by atoms with Gasteiger partial charge in [-0.25, -0.2) is 0 Å². The van der Waals surface area contributed by atoms with Crippen molar-refractivity contribution in [2.24, 2.45) is 5.92 Å². The maximum atomic E-state index is 13.9. The molecule has 8 heteroatoms. The fourth-order valence-corrected chi connectivity index (χ4v) is 10.0. The summed E-state index contributed by atoms with van der Waals surface area (Å²) in [5, 5.41) is 4.43. The van der Waals surface area contributed by atoms with Gasteiger partial charge in [0.15, 0.2) is 0 Å². The van der Waals surface area contributed by atoms with Crippen molar-refractivity contribution < 1.29 is 31.5 Å². The molecule has 1 spiro atoms. The van der Waals surface area contributed by atoms with Gasteiger partial charge in [0, 0.05) is 22.8 Å². The predicted octanol–water partition coefficient (Wildman–Crippen LogP) is 10.8. The van der Waals surface area contributed by atoms with E-state index in [1.807, 2.05) is 48.5 Å². The van der Waals surface area contributed by atoms with E-state index in [0.29, 0.717) is 6.61 Å². The highest BCUT2D eigenvalue weighted by atomic mass is 32.2. The van der Waals surface area contributed by atoms with Crippen LogP contribution in [0.15, 0.2) is 114 Å². The molecule has 5 aromatic carbocycles. The Morgan fingerprint density at radius 2 is 1.35 bits per heavy atom. The average molecular weight is 757 g/mol. The molecule has 0 radical (unpaired) electrons. The molecule has 0 N–H and O–H groups in total. The van der Waals surface area contributed by atoms with Crippen LogP contribution in [-0.4, -0.2) is 39.6 Å². The van der Waals surface area contributed by atoms with Gasteiger partial charge in [0.25, 0.3) is 15.9 Å². The lowest BCUT2D eigenvalue weighted by Crippen LogP contribution is -2.46. The molecule has 2 saturated carbocycles. The number of benzene rings is 5. The lowest BCUT2D eigenvalue weighted by atomic mass is 9.85. The highest BCUT2D eigenvalue weighted by Crippen LogP contribution is 2.45. The molecular weight excluding hydrogens is 709 g/mol. The van der Waals surface area contributed by atoms with Crippen LogP contribution in [-0.2, 0) is 30.4 Å². The molecule has 2 aliphatic heterocycles. The van der Waals surface area contributed by atoms with E-state index >= 15 is 0 Å². The van der Waals surface area contributed by atoms with Crippen molar-refractivity contribution in [2.75, 3.05) is 13.2 Å². The van der Waals surface area contributed by atoms with Gasteiger partial charge in [-0.05, 0) is 95.1 Å². The number of ether oxygens (including phenoxy) is 4. The van der Waals surface area contributed by atoms with E-state index in [0.717, 1.165) is 107 Å². The van der Waals surface area contributed by atoms with E-state index in [1.54, 1.807) is 18.2 Å². The lowest BCUT2D eigenvalue weighted by molar-refractivity contribution is -0.0523. The topological polar surface area (TPSA) is 80.3 Å². The molecule has 0 bridgehead atoms. The van der Waals surface area contributed by atoms with E-state index in [-0.39, 0.29) is 30.1 Å². The number of hydrogen-bond acceptors (Lipinski definition) is 7. The van der Waals surface area contributed by atoms with Crippen LogP contribution in [0, 0.1) is 5.92 Å². The quantitative estimate of drug-likeness (QED) is 0.124. The third-order valence-corrected chi connectivity index (χ3v) is 13.1. The van der Waals surface area contributed by atoms with Crippen LogP contribution >= 0.6 is 0 Å². The molecule has 5 aromatic rings. The van der Waals surface area contributed by atoms with Gasteiger partial charge >= 0.3 is 0 Å². The summed E-state index contributed by atoms with van der Waals surface area (Å²) in [4.78, 5) is 0.131. The SMILES string of the molecule is O=S(=O)(OC(COC1CCCCC1)C1CCCCC1)c1cccc(COCC2=Cc3c(ccc4ccccc34)OC23C=Cc2c(ccc4ccccc24)O3)c1. The molecule has 0 aromatic heterocycles. The van der Waals surface area contributed by atoms with Crippen molar-refractivity contribution in [1.29, 1.82) is 0 Å². The number of rotatable bonds is 11. The zero-order valence-electron chi connectivity index (χ0n) is 31.2. The Morgan fingerprint density at radius 3 is 2.07 bits per heavy atom. The minimum Gasteiger partial charge on any atom is -0.444 e. The maximum Gasteiger partial charge on any atom is 0.297 e. The zero-order valence-corrected chi connectivity index (χ0v) is 32.0. The summed E-state index contributed by atoms with van der Waals surface area (Å²) >= 11 is 0. The normalized spacial score (nSPS) is 20.8. The van der Waals surface area contributed by atoms with E-state index in [9.17, 15) is 8.42 Å². The Hall–Kier alpha value is -4.47. The van der Waals surface area contributed by atoms with Gasteiger partial charge in [0.1, 0.15) is 17.6 Å². The first-order valence-electron chi connectivity index (χ1n) is 20.0. The summed E-state index contributed by atoms with van der Waals surface area (Å²) < 4.78 is 60.1. The molecule has 2 fully saturated rings. The van der Waals surface area contributed by atoms with Gasteiger partial charge in [-0.3, -0.25) is 4.18 Å². The fourth-order valence-electron chi connectivity index (χ4n) is 8.81. The Kier molecular flexibility index (Phi) is 10.2. The number of hydrogen-bond donors (Lipinski definition) is 0. The van der Waals surface area contributed by atoms with Crippen LogP contribution in [0.25, 0.3) is 33.7 Å². The molecule has 55 heavy (non-hydrogen) atoms. The summed E-state index contributed by atoms with van der Waals surface area (Å²) in [7, 11) is -4.05. The highest BCUT2D eigenvalue weighted by Gasteiger charge is 2.43. The van der Waals surface area contributed by atoms with Gasteiger partial charge in [-0.1, -0.05) is 111 Å². The molecule has 2 aliphatic carbocycles. The largest absolute Gasteiger partial charge is 0.444 e. The summed E-state index contributed by atoms with van der Waals surface area (Å²) in [5.41, 5.74) is 3.50. The molecule has 0 saturated heterocycles. The van der Waals surface area contributed by atoms with Gasteiger partial charge in [0.2, 0.25) is 0 Å². The van der Waals surface area contributed by atoms with Crippen LogP contribution in [0.1, 0.15) is 80.9 Å². The standard InChI is InChI=1S/C47H48O7S/c48-55(49,54-46(36-15-3-1-4-16-36)32-51-38-17-5-2-6-18-38)39-19-11-12-33(28-39)30-50-31-37-29-43-41-21-10-8-14-35(41)23-25-45(43)53-47(37)27-26-42-40-20-9-7-13-34(40)22-24-44(42)52-47/h7-14,19-29,36,38,46H,1-6,15-18,30-32H2. The Labute approximate surface area is 324 Å². The van der Waals surface area contributed by atoms with Crippen LogP contribution < -0.4 is 9.47 Å². The summed E-state index contributed by atoms with van der Waals surface area (Å²) in [6.07, 6.45) is 16.8. The van der Waals surface area contributed by atoms with Crippen molar-refractivity contribution in [3.8, 4) is 11.5 Å². The molecule has 284 valence electrons. The van der Waals surface area contributed by atoms with Gasteiger partial charge in [-0.2, -0.15) is 8.42 Å². The maximum absolute atomic E-state index is 13.9. The smallest absolute Gasteiger partial charge is 0.297 e. The molecule has 0 amide bonds. The fraction of sp³-hybridized carbons (Fsp3) is 0.362. The lowest BCUT2D eigenvalue weighted by Gasteiger charge is -2.40. The average Bonchev–Trinajstić information content (AvgIpc) is 3.23. The Balaban J connectivity index is 0.951. The van der Waals surface area contributed by atoms with Crippen LogP contribution in [0.3, 0.4) is 0 Å². The second-order valence-electron chi connectivity index (χ2n) is 15.5. The minimum absolute atomic E-state index is 0.131. The van der Waals surface area contributed by atoms with E-state index in [2.05, 4.69) is 48.6 Å². The highest BCUT2D eigenvalue weighted by molar-refractivity contribution is 7.86. The minimum atomic E-state index is -4.05. The van der Waals surface area contributed by atoms with E-state index < -0.39 is 22.0 Å². The predicted molar refractivity (Wildman–Crippen MR) is 216 cm³/mol. The second-order valence-corrected chi connectivity index (χ2v) is 17.1. The first kappa shape index (κ1) is 36.2. The molecular formula is C47H48O7S. The zero-order chi connectivity index (χ0) is 37.2. The van der Waals surface area contributed by atoms with E-state index in [4.69, 9.17) is 23.1 Å². The van der Waals surface area contributed by atoms with Crippen molar-refractivity contribution in [3.05, 3.63) is 125 Å². The third kappa shape index (κ3) is 7.58. The van der Waals surface area contributed by atoms with Crippen molar-refractivity contribution in [1.82, 2.24) is 0 Å². The van der Waals surface area contributed by atoms with Gasteiger partial charge in [0.05, 0.1) is 30.8 Å². The molecule has 4 aliphatic rings. The van der Waals surface area contributed by atoms with Crippen LogP contribution in [0.5, 0.6) is 11.5 Å². The Morgan fingerprint density at radius 1 is 0.691 bits per heavy atom. The second kappa shape index (κ2) is 15.6. The first-order valence-corrected chi connectivity index (χ1v) is 21.4. The molecule has 2 atom stereocenters. The molecule has 9 rings (SSSR count). The molecule has 2 heterocycles. The summed E-state index contributed by atoms with van der Waals surface area (Å²) in [5.74, 6) is 0.397. The molecule has 7 nitrogen and oxygen atoms in total. The van der Waals surface area contributed by atoms with Crippen LogP contribution in [0.4, 0.5) is 0 Å². The summed E-state index contributed by atoms with van der Waals surface area (Å²) in [6, 6.07) is 31.5. The van der Waals surface area contributed by atoms with Crippen molar-refractivity contribution in [3.63, 3.8) is 0 Å². The monoisotopic (exact) mass is 756 g/mol. The number of fused-ring (bicyclic) bond motifs is 6. The van der Waals surface area contributed by atoms with Crippen LogP contribution in [0.2, 0.25) is 0 Å². The van der Waals surface area contributed by atoms with Gasteiger partial charge in [-0.15, -0.1) is 0 Å². The van der Waals surface area contributed by atoms with Gasteiger partial charge < -0.3 is 18.9 Å². The molecule has 2 unspecified atom stereocenters. The van der Waals surface area contributed by atoms with Crippen molar-refractivity contribution in [2.45, 2.75) is 93.7 Å². The Bertz CT molecular complexity index is 2350. The van der Waals surface area contributed by atoms with Crippen molar-refractivity contribution >= 4 is 43.8 Å². The first-order chi connectivity index (χ1) is 26.9. The third-order valence-electron chi connectivity index (χ3n) is 11.8. The van der Waals surface area contributed by atoms with E-state index in [1.165, 1.54) is 12.8 Å². The summed E-state index contributed by atoms with van der Waals surface area (Å²) in [6.45, 7) is 0.679.